The lowest BCUT2D eigenvalue weighted by Crippen LogP contribution is -2.24. The smallest absolute Gasteiger partial charge is 0.266 e. The van der Waals surface area contributed by atoms with E-state index in [1.165, 1.54) is 10.8 Å². The molecule has 34 heavy (non-hydrogen) atoms. The van der Waals surface area contributed by atoms with E-state index in [1.807, 2.05) is 65.9 Å². The highest BCUT2D eigenvalue weighted by atomic mass is 127. The molecule has 0 aliphatic rings. The van der Waals surface area contributed by atoms with Gasteiger partial charge in [-0.3, -0.25) is 14.2 Å². The van der Waals surface area contributed by atoms with Crippen molar-refractivity contribution in [3.05, 3.63) is 89.3 Å². The standard InChI is InChI=1S/C24H18I2N4O3S/c1-14-6-8-17(9-7-14)30-23(33)18-4-2-3-5-20(18)28-24(30)34-13-21(31)29-27-12-15-10-16(25)11-19(26)22(15)32/h2-12,32H,13H2,1H3,(H,29,31)/b27-12-. The maximum Gasteiger partial charge on any atom is 0.266 e. The maximum atomic E-state index is 13.3. The van der Waals surface area contributed by atoms with Crippen molar-refractivity contribution >= 4 is 80.0 Å². The molecule has 0 saturated heterocycles. The van der Waals surface area contributed by atoms with Gasteiger partial charge in [0.1, 0.15) is 5.75 Å². The summed E-state index contributed by atoms with van der Waals surface area (Å²) in [5, 5.41) is 15.0. The summed E-state index contributed by atoms with van der Waals surface area (Å²) < 4.78 is 3.17. The summed E-state index contributed by atoms with van der Waals surface area (Å²) in [5.41, 5.74) is 5.10. The van der Waals surface area contributed by atoms with Crippen LogP contribution in [-0.2, 0) is 4.79 Å². The second-order valence-electron chi connectivity index (χ2n) is 7.29. The Kier molecular flexibility index (Phi) is 7.88. The predicted octanol–water partition coefficient (Wildman–Crippen LogP) is 4.85. The predicted molar refractivity (Wildman–Crippen MR) is 152 cm³/mol. The number of carbonyl (C=O) groups excluding carboxylic acids is 1. The Balaban J connectivity index is 1.56. The third-order valence-electron chi connectivity index (χ3n) is 4.82. The molecular weight excluding hydrogens is 678 g/mol. The van der Waals surface area contributed by atoms with Gasteiger partial charge in [-0.1, -0.05) is 41.6 Å². The Morgan fingerprint density at radius 3 is 2.68 bits per heavy atom. The van der Waals surface area contributed by atoms with E-state index in [0.717, 1.165) is 20.9 Å². The molecule has 3 aromatic carbocycles. The number of phenols is 1. The fourth-order valence-corrected chi connectivity index (χ4v) is 5.85. The van der Waals surface area contributed by atoms with Crippen LogP contribution in [0.5, 0.6) is 5.75 Å². The largest absolute Gasteiger partial charge is 0.506 e. The number of amides is 1. The molecule has 1 heterocycles. The van der Waals surface area contributed by atoms with Gasteiger partial charge in [0.25, 0.3) is 11.5 Å². The number of fused-ring (bicyclic) bond motifs is 1. The van der Waals surface area contributed by atoms with E-state index in [-0.39, 0.29) is 23.0 Å². The second kappa shape index (κ2) is 10.9. The van der Waals surface area contributed by atoms with Crippen molar-refractivity contribution in [1.82, 2.24) is 15.0 Å². The van der Waals surface area contributed by atoms with Crippen LogP contribution < -0.4 is 11.0 Å². The highest BCUT2D eigenvalue weighted by Crippen LogP contribution is 2.26. The molecule has 2 N–H and O–H groups in total. The molecule has 10 heteroatoms. The van der Waals surface area contributed by atoms with Gasteiger partial charge in [-0.25, -0.2) is 10.4 Å². The van der Waals surface area contributed by atoms with Gasteiger partial charge in [0.15, 0.2) is 5.16 Å². The zero-order chi connectivity index (χ0) is 24.2. The Morgan fingerprint density at radius 1 is 1.18 bits per heavy atom. The summed E-state index contributed by atoms with van der Waals surface area (Å²) in [7, 11) is 0. The van der Waals surface area contributed by atoms with Crippen LogP contribution in [0.3, 0.4) is 0 Å². The zero-order valence-corrected chi connectivity index (χ0v) is 23.0. The van der Waals surface area contributed by atoms with Gasteiger partial charge in [0.2, 0.25) is 0 Å². The first-order chi connectivity index (χ1) is 16.3. The number of hydrazone groups is 1. The van der Waals surface area contributed by atoms with E-state index in [0.29, 0.717) is 30.9 Å². The fraction of sp³-hybridized carbons (Fsp3) is 0.0833. The first kappa shape index (κ1) is 24.7. The van der Waals surface area contributed by atoms with Crippen LogP contribution in [0, 0.1) is 14.1 Å². The van der Waals surface area contributed by atoms with Crippen molar-refractivity contribution in [2.45, 2.75) is 12.1 Å². The van der Waals surface area contributed by atoms with E-state index in [1.54, 1.807) is 24.3 Å². The lowest BCUT2D eigenvalue weighted by molar-refractivity contribution is -0.118. The van der Waals surface area contributed by atoms with Crippen LogP contribution in [0.2, 0.25) is 0 Å². The summed E-state index contributed by atoms with van der Waals surface area (Å²) in [6.45, 7) is 1.97. The van der Waals surface area contributed by atoms with Gasteiger partial charge in [-0.05, 0) is 88.5 Å². The minimum Gasteiger partial charge on any atom is -0.506 e. The molecular formula is C24H18I2N4O3S. The minimum atomic E-state index is -0.362. The number of aromatic nitrogens is 2. The number of nitrogens with one attached hydrogen (secondary N) is 1. The van der Waals surface area contributed by atoms with Gasteiger partial charge in [0.05, 0.1) is 32.1 Å². The van der Waals surface area contributed by atoms with E-state index in [2.05, 4.69) is 38.1 Å². The number of rotatable bonds is 6. The number of carbonyl (C=O) groups is 1. The van der Waals surface area contributed by atoms with Crippen LogP contribution >= 0.6 is 56.9 Å². The molecule has 0 spiro atoms. The van der Waals surface area contributed by atoms with E-state index >= 15 is 0 Å². The van der Waals surface area contributed by atoms with E-state index < -0.39 is 0 Å². The highest BCUT2D eigenvalue weighted by Gasteiger charge is 2.15. The van der Waals surface area contributed by atoms with Gasteiger partial charge >= 0.3 is 0 Å². The Hall–Kier alpha value is -2.45. The summed E-state index contributed by atoms with van der Waals surface area (Å²) in [5.74, 6) is -0.251. The minimum absolute atomic E-state index is 0.00379. The van der Waals surface area contributed by atoms with E-state index in [9.17, 15) is 14.7 Å². The van der Waals surface area contributed by atoms with Crippen LogP contribution in [-0.4, -0.2) is 32.5 Å². The molecule has 0 aliphatic heterocycles. The topological polar surface area (TPSA) is 96.6 Å². The first-order valence-electron chi connectivity index (χ1n) is 10.0. The average Bonchev–Trinajstić information content (AvgIpc) is 2.82. The molecule has 1 amide bonds. The fourth-order valence-electron chi connectivity index (χ4n) is 3.15. The van der Waals surface area contributed by atoms with Gasteiger partial charge in [-0.15, -0.1) is 0 Å². The Morgan fingerprint density at radius 2 is 1.91 bits per heavy atom. The number of benzene rings is 3. The average molecular weight is 696 g/mol. The van der Waals surface area contributed by atoms with Gasteiger partial charge in [-0.2, -0.15) is 5.10 Å². The number of hydrogen-bond acceptors (Lipinski definition) is 6. The number of halogens is 2. The molecule has 0 fully saturated rings. The third-order valence-corrected chi connectivity index (χ3v) is 7.20. The number of para-hydroxylation sites is 1. The van der Waals surface area contributed by atoms with Gasteiger partial charge in [0, 0.05) is 9.13 Å². The number of nitrogens with zero attached hydrogens (tertiary/aromatic N) is 3. The summed E-state index contributed by atoms with van der Waals surface area (Å²) >= 11 is 5.34. The first-order valence-corrected chi connectivity index (χ1v) is 13.2. The van der Waals surface area contributed by atoms with Crippen LogP contribution in [0.1, 0.15) is 11.1 Å². The molecule has 0 atom stereocenters. The SMILES string of the molecule is Cc1ccc(-n2c(SCC(=O)N/N=C\c3cc(I)cc(I)c3O)nc3ccccc3c2=O)cc1. The monoisotopic (exact) mass is 696 g/mol. The lowest BCUT2D eigenvalue weighted by Gasteiger charge is -2.13. The molecule has 172 valence electrons. The van der Waals surface area contributed by atoms with Crippen molar-refractivity contribution in [1.29, 1.82) is 0 Å². The summed E-state index contributed by atoms with van der Waals surface area (Å²) in [4.78, 5) is 30.3. The molecule has 0 saturated carbocycles. The summed E-state index contributed by atoms with van der Waals surface area (Å²) in [6, 6.07) is 18.3. The normalized spacial score (nSPS) is 11.3. The van der Waals surface area contributed by atoms with Crippen LogP contribution in [0.15, 0.2) is 75.7 Å². The molecule has 4 aromatic rings. The maximum absolute atomic E-state index is 13.3. The quantitative estimate of drug-likeness (QED) is 0.0989. The number of aryl methyl sites for hydroxylation is 1. The van der Waals surface area contributed by atoms with Gasteiger partial charge < -0.3 is 5.11 Å². The third kappa shape index (κ3) is 5.61. The molecule has 0 radical (unpaired) electrons. The Bertz CT molecular complexity index is 1470. The molecule has 1 aromatic heterocycles. The molecule has 0 bridgehead atoms. The second-order valence-corrected chi connectivity index (χ2v) is 10.6. The molecule has 0 unspecified atom stereocenters. The molecule has 0 aliphatic carbocycles. The molecule has 4 rings (SSSR count). The van der Waals surface area contributed by atoms with Crippen molar-refractivity contribution in [3.8, 4) is 11.4 Å². The summed E-state index contributed by atoms with van der Waals surface area (Å²) in [6.07, 6.45) is 1.40. The number of thioether (sulfide) groups is 1. The number of hydrogen-bond donors (Lipinski definition) is 2. The van der Waals surface area contributed by atoms with E-state index in [4.69, 9.17) is 0 Å². The van der Waals surface area contributed by atoms with Crippen molar-refractivity contribution < 1.29 is 9.90 Å². The number of phenolic OH excluding ortho intramolecular Hbond substituents is 1. The van der Waals surface area contributed by atoms with Crippen molar-refractivity contribution in [2.24, 2.45) is 5.10 Å². The highest BCUT2D eigenvalue weighted by molar-refractivity contribution is 14.1. The van der Waals surface area contributed by atoms with Crippen LogP contribution in [0.25, 0.3) is 16.6 Å². The molecule has 7 nitrogen and oxygen atoms in total. The zero-order valence-electron chi connectivity index (χ0n) is 17.8. The Labute approximate surface area is 227 Å². The lowest BCUT2D eigenvalue weighted by atomic mass is 10.2. The van der Waals surface area contributed by atoms with Crippen molar-refractivity contribution in [2.75, 3.05) is 5.75 Å². The van der Waals surface area contributed by atoms with Crippen LogP contribution in [0.4, 0.5) is 0 Å². The van der Waals surface area contributed by atoms with Crippen molar-refractivity contribution in [3.63, 3.8) is 0 Å². The number of aromatic hydroxyl groups is 1.